The van der Waals surface area contributed by atoms with E-state index in [4.69, 9.17) is 0 Å². The number of halogens is 1. The largest absolute Gasteiger partial charge is 0.351 e. The van der Waals surface area contributed by atoms with Crippen LogP contribution in [0.25, 0.3) is 11.3 Å². The van der Waals surface area contributed by atoms with Gasteiger partial charge in [0.2, 0.25) is 5.91 Å². The number of nitrogens with zero attached hydrogens (tertiary/aromatic N) is 7. The predicted octanol–water partition coefficient (Wildman–Crippen LogP) is 1.14. The molecule has 1 saturated carbocycles. The Bertz CT molecular complexity index is 921. The Hall–Kier alpha value is -3.02. The van der Waals surface area contributed by atoms with Crippen molar-refractivity contribution in [3.63, 3.8) is 0 Å². The van der Waals surface area contributed by atoms with Crippen molar-refractivity contribution in [2.45, 2.75) is 25.6 Å². The molecule has 1 aliphatic heterocycles. The fraction of sp³-hybridized carbons (Fsp3) is 0.500. The summed E-state index contributed by atoms with van der Waals surface area (Å²) in [6, 6.07) is 2.03. The Morgan fingerprint density at radius 2 is 2.15 bits per heavy atom. The average Bonchev–Trinajstić information content (AvgIpc) is 3.24. The lowest BCUT2D eigenvalue weighted by molar-refractivity contribution is -0.135. The predicted molar refractivity (Wildman–Crippen MR) is 95.3 cm³/mol. The van der Waals surface area contributed by atoms with Crippen LogP contribution in [-0.4, -0.2) is 62.4 Å². The van der Waals surface area contributed by atoms with Crippen LogP contribution < -0.4 is 4.90 Å². The Labute approximate surface area is 156 Å². The van der Waals surface area contributed by atoms with Crippen LogP contribution in [0.2, 0.25) is 0 Å². The van der Waals surface area contributed by atoms with E-state index in [0.29, 0.717) is 37.6 Å². The number of amides is 1. The maximum absolute atomic E-state index is 13.2. The molecule has 2 fully saturated rings. The van der Waals surface area contributed by atoms with Gasteiger partial charge in [-0.05, 0) is 13.3 Å². The maximum atomic E-state index is 13.2. The van der Waals surface area contributed by atoms with Crippen LogP contribution in [0, 0.1) is 17.2 Å². The highest BCUT2D eigenvalue weighted by atomic mass is 19.1. The lowest BCUT2D eigenvalue weighted by atomic mass is 10.1. The molecule has 27 heavy (non-hydrogen) atoms. The van der Waals surface area contributed by atoms with Gasteiger partial charge in [0, 0.05) is 44.5 Å². The smallest absolute Gasteiger partial charge is 0.229 e. The lowest BCUT2D eigenvalue weighted by Gasteiger charge is -2.40. The second-order valence-corrected chi connectivity index (χ2v) is 7.12. The molecule has 4 rings (SSSR count). The van der Waals surface area contributed by atoms with Crippen molar-refractivity contribution in [2.75, 3.05) is 24.5 Å². The van der Waals surface area contributed by atoms with Gasteiger partial charge in [-0.1, -0.05) is 0 Å². The number of anilines is 1. The number of piperazine rings is 1. The van der Waals surface area contributed by atoms with Crippen LogP contribution >= 0.6 is 0 Å². The van der Waals surface area contributed by atoms with Crippen LogP contribution in [0.15, 0.2) is 18.6 Å². The van der Waals surface area contributed by atoms with E-state index in [0.717, 1.165) is 5.56 Å². The first-order chi connectivity index (χ1) is 13.0. The first-order valence-electron chi connectivity index (χ1n) is 8.93. The standard InChI is InChI=1S/C18H20FN7O/c1-11-9-25(3-4-26(11)18(27)13-5-14(13)19)16-8-21-15(6-20)17(23-16)12-7-22-24(2)10-12/h7-8,10-11,13-14H,3-5,9H2,1-2H3/t11-,13-,14+/m1/s1. The summed E-state index contributed by atoms with van der Waals surface area (Å²) in [7, 11) is 1.80. The monoisotopic (exact) mass is 369 g/mol. The quantitative estimate of drug-likeness (QED) is 0.806. The zero-order chi connectivity index (χ0) is 19.1. The van der Waals surface area contributed by atoms with Crippen LogP contribution in [0.1, 0.15) is 19.0 Å². The fourth-order valence-electron chi connectivity index (χ4n) is 3.48. The van der Waals surface area contributed by atoms with Gasteiger partial charge in [0.15, 0.2) is 5.69 Å². The number of aromatic nitrogens is 4. The minimum atomic E-state index is -0.978. The van der Waals surface area contributed by atoms with Crippen molar-refractivity contribution < 1.29 is 9.18 Å². The van der Waals surface area contributed by atoms with Crippen molar-refractivity contribution >= 4 is 11.7 Å². The Balaban J connectivity index is 1.54. The van der Waals surface area contributed by atoms with Crippen molar-refractivity contribution in [2.24, 2.45) is 13.0 Å². The van der Waals surface area contributed by atoms with Crippen molar-refractivity contribution in [3.8, 4) is 17.3 Å². The van der Waals surface area contributed by atoms with Gasteiger partial charge in [-0.2, -0.15) is 10.4 Å². The minimum Gasteiger partial charge on any atom is -0.351 e. The summed E-state index contributed by atoms with van der Waals surface area (Å²) in [6.45, 7) is 3.65. The Kier molecular flexibility index (Phi) is 4.26. The summed E-state index contributed by atoms with van der Waals surface area (Å²) in [5, 5.41) is 13.5. The second kappa shape index (κ2) is 6.61. The van der Waals surface area contributed by atoms with Crippen molar-refractivity contribution in [3.05, 3.63) is 24.3 Å². The molecule has 0 unspecified atom stereocenters. The van der Waals surface area contributed by atoms with E-state index in [-0.39, 0.29) is 17.6 Å². The molecule has 2 aliphatic rings. The van der Waals surface area contributed by atoms with E-state index in [1.54, 1.807) is 35.2 Å². The Morgan fingerprint density at radius 3 is 2.74 bits per heavy atom. The second-order valence-electron chi connectivity index (χ2n) is 7.12. The summed E-state index contributed by atoms with van der Waals surface area (Å²) in [4.78, 5) is 25.0. The zero-order valence-electron chi connectivity index (χ0n) is 15.2. The molecule has 9 heteroatoms. The van der Waals surface area contributed by atoms with Crippen LogP contribution in [0.3, 0.4) is 0 Å². The van der Waals surface area contributed by atoms with Crippen LogP contribution in [-0.2, 0) is 11.8 Å². The number of hydrogen-bond donors (Lipinski definition) is 0. The highest BCUT2D eigenvalue weighted by molar-refractivity contribution is 5.82. The third-order valence-corrected chi connectivity index (χ3v) is 5.11. The number of alkyl halides is 1. The maximum Gasteiger partial charge on any atom is 0.229 e. The fourth-order valence-corrected chi connectivity index (χ4v) is 3.48. The molecule has 1 aliphatic carbocycles. The number of carbonyl (C=O) groups excluding carboxylic acids is 1. The molecular weight excluding hydrogens is 349 g/mol. The zero-order valence-corrected chi connectivity index (χ0v) is 15.2. The molecule has 0 N–H and O–H groups in total. The summed E-state index contributed by atoms with van der Waals surface area (Å²) >= 11 is 0. The highest BCUT2D eigenvalue weighted by Crippen LogP contribution is 2.36. The molecule has 0 radical (unpaired) electrons. The van der Waals surface area contributed by atoms with E-state index in [9.17, 15) is 14.4 Å². The number of rotatable bonds is 3. The van der Waals surface area contributed by atoms with E-state index in [2.05, 4.69) is 21.1 Å². The van der Waals surface area contributed by atoms with Gasteiger partial charge in [-0.25, -0.2) is 14.4 Å². The third kappa shape index (κ3) is 3.23. The van der Waals surface area contributed by atoms with Gasteiger partial charge < -0.3 is 9.80 Å². The number of hydrogen-bond acceptors (Lipinski definition) is 6. The molecule has 0 spiro atoms. The third-order valence-electron chi connectivity index (χ3n) is 5.11. The van der Waals surface area contributed by atoms with Gasteiger partial charge in [-0.3, -0.25) is 9.48 Å². The Morgan fingerprint density at radius 1 is 1.37 bits per heavy atom. The average molecular weight is 369 g/mol. The number of carbonyl (C=O) groups is 1. The summed E-state index contributed by atoms with van der Waals surface area (Å²) in [5.41, 5.74) is 1.47. The lowest BCUT2D eigenvalue weighted by Crippen LogP contribution is -2.55. The molecule has 3 heterocycles. The van der Waals surface area contributed by atoms with Gasteiger partial charge in [0.05, 0.1) is 18.3 Å². The SMILES string of the molecule is C[C@@H]1CN(c2cnc(C#N)c(-c3cnn(C)c3)n2)CCN1C(=O)[C@@H]1C[C@@H]1F. The van der Waals surface area contributed by atoms with E-state index in [1.165, 1.54) is 0 Å². The molecule has 2 aromatic rings. The molecule has 0 bridgehead atoms. The first-order valence-corrected chi connectivity index (χ1v) is 8.93. The topological polar surface area (TPSA) is 90.9 Å². The van der Waals surface area contributed by atoms with Gasteiger partial charge in [-0.15, -0.1) is 0 Å². The van der Waals surface area contributed by atoms with Crippen LogP contribution in [0.4, 0.5) is 10.2 Å². The summed E-state index contributed by atoms with van der Waals surface area (Å²) in [6.07, 6.45) is 4.39. The molecule has 0 aromatic carbocycles. The molecule has 140 valence electrons. The van der Waals surface area contributed by atoms with Gasteiger partial charge in [0.25, 0.3) is 0 Å². The number of nitriles is 1. The van der Waals surface area contributed by atoms with Gasteiger partial charge in [0.1, 0.15) is 23.8 Å². The first kappa shape index (κ1) is 17.4. The molecular formula is C18H20FN7O. The molecule has 1 amide bonds. The molecule has 3 atom stereocenters. The van der Waals surface area contributed by atoms with Crippen molar-refractivity contribution in [1.82, 2.24) is 24.6 Å². The normalized spacial score (nSPS) is 24.6. The van der Waals surface area contributed by atoms with Gasteiger partial charge >= 0.3 is 0 Å². The molecule has 1 saturated heterocycles. The van der Waals surface area contributed by atoms with E-state index >= 15 is 0 Å². The van der Waals surface area contributed by atoms with Crippen LogP contribution in [0.5, 0.6) is 0 Å². The number of aryl methyl sites for hydroxylation is 1. The van der Waals surface area contributed by atoms with E-state index < -0.39 is 12.1 Å². The minimum absolute atomic E-state index is 0.0432. The summed E-state index contributed by atoms with van der Waals surface area (Å²) < 4.78 is 14.9. The van der Waals surface area contributed by atoms with Crippen molar-refractivity contribution in [1.29, 1.82) is 5.26 Å². The van der Waals surface area contributed by atoms with E-state index in [1.807, 2.05) is 11.8 Å². The molecule has 8 nitrogen and oxygen atoms in total. The molecule has 2 aromatic heterocycles. The highest BCUT2D eigenvalue weighted by Gasteiger charge is 2.47. The summed E-state index contributed by atoms with van der Waals surface area (Å²) in [5.74, 6) is 0.115.